The lowest BCUT2D eigenvalue weighted by Gasteiger charge is -2.20. The molecular weight excluding hydrogens is 330 g/mol. The Kier molecular flexibility index (Phi) is 5.17. The number of para-hydroxylation sites is 1. The molecule has 1 heterocycles. The van der Waals surface area contributed by atoms with Crippen LogP contribution in [-0.4, -0.2) is 25.2 Å². The van der Waals surface area contributed by atoms with Gasteiger partial charge in [-0.15, -0.1) is 0 Å². The van der Waals surface area contributed by atoms with E-state index in [-0.39, 0.29) is 12.1 Å². The van der Waals surface area contributed by atoms with Crippen molar-refractivity contribution in [3.8, 4) is 5.75 Å². The van der Waals surface area contributed by atoms with Crippen molar-refractivity contribution < 1.29 is 9.53 Å². The van der Waals surface area contributed by atoms with Gasteiger partial charge in [0.05, 0.1) is 12.8 Å². The third-order valence-electron chi connectivity index (χ3n) is 3.59. The maximum Gasteiger partial charge on any atom is 0.246 e. The molecule has 0 bridgehead atoms. The molecule has 24 heavy (non-hydrogen) atoms. The summed E-state index contributed by atoms with van der Waals surface area (Å²) < 4.78 is 5.25. The van der Waals surface area contributed by atoms with Crippen LogP contribution in [0.15, 0.2) is 48.5 Å². The highest BCUT2D eigenvalue weighted by Gasteiger charge is 2.33. The number of methoxy groups -OCH3 is 1. The summed E-state index contributed by atoms with van der Waals surface area (Å²) in [4.78, 5) is 12.6. The summed E-state index contributed by atoms with van der Waals surface area (Å²) in [5, 5.41) is 6.59. The smallest absolute Gasteiger partial charge is 0.246 e. The van der Waals surface area contributed by atoms with Crippen LogP contribution in [0.2, 0.25) is 5.02 Å². The third-order valence-corrected chi connectivity index (χ3v) is 3.82. The van der Waals surface area contributed by atoms with E-state index in [0.29, 0.717) is 16.5 Å². The summed E-state index contributed by atoms with van der Waals surface area (Å²) in [5.74, 6) is 0.306. The van der Waals surface area contributed by atoms with Gasteiger partial charge in [0, 0.05) is 10.7 Å². The molecule has 5 N–H and O–H groups in total. The van der Waals surface area contributed by atoms with Gasteiger partial charge in [-0.25, -0.2) is 10.9 Å². The summed E-state index contributed by atoms with van der Waals surface area (Å²) in [5.41, 5.74) is 10.0. The lowest BCUT2D eigenvalue weighted by atomic mass is 10.2. The van der Waals surface area contributed by atoms with Crippen molar-refractivity contribution in [3.05, 3.63) is 53.6 Å². The van der Waals surface area contributed by atoms with Crippen LogP contribution in [0.4, 0.5) is 11.4 Å². The zero-order valence-electron chi connectivity index (χ0n) is 13.0. The molecule has 1 aliphatic rings. The maximum atomic E-state index is 12.6. The molecule has 2 aromatic rings. The molecule has 2 aromatic carbocycles. The van der Waals surface area contributed by atoms with Crippen molar-refractivity contribution in [2.24, 2.45) is 0 Å². The monoisotopic (exact) mass is 347 g/mol. The van der Waals surface area contributed by atoms with Crippen LogP contribution in [0.5, 0.6) is 5.75 Å². The van der Waals surface area contributed by atoms with E-state index in [0.717, 1.165) is 5.69 Å². The number of benzene rings is 2. The van der Waals surface area contributed by atoms with E-state index in [9.17, 15) is 4.79 Å². The minimum atomic E-state index is -0.547. The molecule has 7 nitrogen and oxygen atoms in total. The van der Waals surface area contributed by atoms with E-state index in [1.807, 2.05) is 30.3 Å². The van der Waals surface area contributed by atoms with Crippen LogP contribution in [0, 0.1) is 0 Å². The molecule has 1 aliphatic heterocycles. The second-order valence-corrected chi connectivity index (χ2v) is 5.65. The van der Waals surface area contributed by atoms with E-state index in [1.165, 1.54) is 7.11 Å². The fourth-order valence-corrected chi connectivity index (χ4v) is 2.57. The molecule has 126 valence electrons. The Morgan fingerprint density at radius 2 is 1.96 bits per heavy atom. The molecule has 3 rings (SSSR count). The first-order valence-corrected chi connectivity index (χ1v) is 7.77. The lowest BCUT2D eigenvalue weighted by molar-refractivity contribution is -0.118. The van der Waals surface area contributed by atoms with Gasteiger partial charge in [0.15, 0.2) is 0 Å². The maximum absolute atomic E-state index is 12.6. The first-order chi connectivity index (χ1) is 11.7. The number of amides is 1. The van der Waals surface area contributed by atoms with Gasteiger partial charge in [0.1, 0.15) is 18.0 Å². The number of hydrogen-bond donors (Lipinski definition) is 5. The molecule has 1 fully saturated rings. The molecule has 0 aromatic heterocycles. The molecule has 0 spiro atoms. The second kappa shape index (κ2) is 7.50. The predicted octanol–water partition coefficient (Wildman–Crippen LogP) is 1.71. The first kappa shape index (κ1) is 16.5. The van der Waals surface area contributed by atoms with Crippen molar-refractivity contribution in [2.75, 3.05) is 17.7 Å². The number of anilines is 2. The summed E-state index contributed by atoms with van der Waals surface area (Å²) in [6.45, 7) is 0. The Labute approximate surface area is 144 Å². The van der Waals surface area contributed by atoms with Crippen LogP contribution in [0.1, 0.15) is 0 Å². The van der Waals surface area contributed by atoms with Crippen molar-refractivity contribution in [1.82, 2.24) is 16.4 Å². The van der Waals surface area contributed by atoms with Crippen LogP contribution in [0.3, 0.4) is 0 Å². The average molecular weight is 348 g/mol. The van der Waals surface area contributed by atoms with Crippen molar-refractivity contribution in [1.29, 1.82) is 0 Å². The highest BCUT2D eigenvalue weighted by atomic mass is 35.5. The molecule has 8 heteroatoms. The number of rotatable bonds is 5. The van der Waals surface area contributed by atoms with E-state index in [2.05, 4.69) is 27.0 Å². The number of hydrogen-bond acceptors (Lipinski definition) is 6. The van der Waals surface area contributed by atoms with E-state index >= 15 is 0 Å². The number of ether oxygens (including phenoxy) is 1. The van der Waals surface area contributed by atoms with Crippen molar-refractivity contribution >= 4 is 28.9 Å². The minimum Gasteiger partial charge on any atom is -0.495 e. The van der Waals surface area contributed by atoms with E-state index in [4.69, 9.17) is 16.3 Å². The highest BCUT2D eigenvalue weighted by Crippen LogP contribution is 2.28. The van der Waals surface area contributed by atoms with Crippen LogP contribution >= 0.6 is 11.6 Å². The molecule has 0 saturated carbocycles. The van der Waals surface area contributed by atoms with Gasteiger partial charge in [-0.2, -0.15) is 5.53 Å². The van der Waals surface area contributed by atoms with Gasteiger partial charge in [0.2, 0.25) is 5.91 Å². The van der Waals surface area contributed by atoms with Crippen LogP contribution < -0.4 is 31.8 Å². The summed E-state index contributed by atoms with van der Waals surface area (Å²) in [6, 6.07) is 14.1. The zero-order chi connectivity index (χ0) is 16.9. The number of halogens is 1. The Bertz CT molecular complexity index is 713. The number of carbonyl (C=O) groups is 1. The Morgan fingerprint density at radius 1 is 1.17 bits per heavy atom. The molecule has 0 aliphatic carbocycles. The topological polar surface area (TPSA) is 86.5 Å². The van der Waals surface area contributed by atoms with Gasteiger partial charge < -0.3 is 15.4 Å². The van der Waals surface area contributed by atoms with Crippen LogP contribution in [-0.2, 0) is 4.79 Å². The summed E-state index contributed by atoms with van der Waals surface area (Å²) >= 11 is 5.99. The van der Waals surface area contributed by atoms with E-state index in [1.54, 1.807) is 18.2 Å². The number of carbonyl (C=O) groups excluding carboxylic acids is 1. The van der Waals surface area contributed by atoms with E-state index < -0.39 is 6.04 Å². The number of hydrazine groups is 2. The quantitative estimate of drug-likeness (QED) is 0.566. The fourth-order valence-electron chi connectivity index (χ4n) is 2.40. The fraction of sp³-hybridized carbons (Fsp3) is 0.188. The predicted molar refractivity (Wildman–Crippen MR) is 93.7 cm³/mol. The third kappa shape index (κ3) is 3.77. The number of nitrogens with one attached hydrogen (secondary N) is 5. The van der Waals surface area contributed by atoms with Crippen molar-refractivity contribution in [2.45, 2.75) is 12.2 Å². The highest BCUT2D eigenvalue weighted by molar-refractivity contribution is 6.31. The molecule has 0 radical (unpaired) electrons. The van der Waals surface area contributed by atoms with Crippen molar-refractivity contribution in [3.63, 3.8) is 0 Å². The molecule has 1 saturated heterocycles. The van der Waals surface area contributed by atoms with Crippen LogP contribution in [0.25, 0.3) is 0 Å². The van der Waals surface area contributed by atoms with Gasteiger partial charge in [-0.1, -0.05) is 29.8 Å². The summed E-state index contributed by atoms with van der Waals surface area (Å²) in [7, 11) is 1.54. The molecule has 2 atom stereocenters. The SMILES string of the molecule is COc1ccc(Cl)cc1NC(=O)C1NNNC1Nc1ccccc1. The van der Waals surface area contributed by atoms with Gasteiger partial charge in [-0.05, 0) is 30.3 Å². The Balaban J connectivity index is 1.71. The molecular formula is C16H18ClN5O2. The normalized spacial score (nSPS) is 19.8. The van der Waals surface area contributed by atoms with Gasteiger partial charge in [0.25, 0.3) is 0 Å². The second-order valence-electron chi connectivity index (χ2n) is 5.21. The minimum absolute atomic E-state index is 0.235. The summed E-state index contributed by atoms with van der Waals surface area (Å²) in [6.07, 6.45) is -0.336. The largest absolute Gasteiger partial charge is 0.495 e. The Morgan fingerprint density at radius 3 is 2.71 bits per heavy atom. The average Bonchev–Trinajstić information content (AvgIpc) is 3.04. The molecule has 1 amide bonds. The first-order valence-electron chi connectivity index (χ1n) is 7.39. The lowest BCUT2D eigenvalue weighted by Crippen LogP contribution is -2.47. The zero-order valence-corrected chi connectivity index (χ0v) is 13.7. The molecule has 2 unspecified atom stereocenters. The Hall–Kier alpha value is -2.32. The van der Waals surface area contributed by atoms with Gasteiger partial charge in [-0.3, -0.25) is 4.79 Å². The standard InChI is InChI=1S/C16H18ClN5O2/c1-24-13-8-7-10(17)9-12(13)19-16(23)14-15(21-22-20-14)18-11-5-3-2-4-6-11/h2-9,14-15,18,20-22H,1H3,(H,19,23). The van der Waals surface area contributed by atoms with Gasteiger partial charge >= 0.3 is 0 Å².